The van der Waals surface area contributed by atoms with Crippen molar-refractivity contribution in [2.75, 3.05) is 20.8 Å². The monoisotopic (exact) mass is 404 g/mol. The van der Waals surface area contributed by atoms with Gasteiger partial charge in [-0.3, -0.25) is 4.79 Å². The minimum atomic E-state index is -5.41. The molecule has 2 rings (SSSR count). The maximum absolute atomic E-state index is 13.7. The third-order valence-electron chi connectivity index (χ3n) is 4.21. The number of halogens is 3. The summed E-state index contributed by atoms with van der Waals surface area (Å²) in [5, 5.41) is 10.4. The Labute approximate surface area is 158 Å². The molecule has 1 aliphatic heterocycles. The minimum Gasteiger partial charge on any atom is -0.497 e. The molecule has 0 bridgehead atoms. The van der Waals surface area contributed by atoms with Gasteiger partial charge >= 0.3 is 23.9 Å². The molecule has 0 spiro atoms. The highest BCUT2D eigenvalue weighted by atomic mass is 19.4. The number of carbonyl (C=O) groups excluding carboxylic acids is 2. The van der Waals surface area contributed by atoms with E-state index in [1.165, 1.54) is 38.3 Å². The van der Waals surface area contributed by atoms with Gasteiger partial charge in [0.15, 0.2) is 0 Å². The van der Waals surface area contributed by atoms with Gasteiger partial charge in [-0.15, -0.1) is 0 Å². The first kappa shape index (κ1) is 21.5. The summed E-state index contributed by atoms with van der Waals surface area (Å²) < 4.78 is 59.9. The van der Waals surface area contributed by atoms with Gasteiger partial charge in [-0.05, 0) is 30.7 Å². The molecule has 0 amide bonds. The summed E-state index contributed by atoms with van der Waals surface area (Å²) in [5.41, 5.74) is 0.200. The van der Waals surface area contributed by atoms with E-state index >= 15 is 0 Å². The first-order chi connectivity index (χ1) is 13.1. The Hall–Kier alpha value is -2.75. The fourth-order valence-electron chi connectivity index (χ4n) is 2.87. The number of methoxy groups -OCH3 is 2. The maximum atomic E-state index is 13.7. The molecule has 1 N–H and O–H groups in total. The summed E-state index contributed by atoms with van der Waals surface area (Å²) in [6, 6.07) is 5.74. The lowest BCUT2D eigenvalue weighted by atomic mass is 9.77. The second-order valence-corrected chi connectivity index (χ2v) is 5.85. The van der Waals surface area contributed by atoms with Crippen molar-refractivity contribution in [2.24, 2.45) is 5.92 Å². The number of hydrogen-bond donors (Lipinski definition) is 1. The first-order valence-corrected chi connectivity index (χ1v) is 8.17. The van der Waals surface area contributed by atoms with Crippen molar-refractivity contribution in [1.29, 1.82) is 0 Å². The lowest BCUT2D eigenvalue weighted by Gasteiger charge is -2.42. The number of rotatable bonds is 5. The van der Waals surface area contributed by atoms with Gasteiger partial charge in [-0.25, -0.2) is 4.79 Å². The smallest absolute Gasteiger partial charge is 0.456 e. The van der Waals surface area contributed by atoms with E-state index in [9.17, 15) is 27.9 Å². The van der Waals surface area contributed by atoms with Gasteiger partial charge in [0, 0.05) is 5.92 Å². The third kappa shape index (κ3) is 3.91. The maximum Gasteiger partial charge on any atom is 0.456 e. The third-order valence-corrected chi connectivity index (χ3v) is 4.21. The van der Waals surface area contributed by atoms with Crippen LogP contribution in [0.3, 0.4) is 0 Å². The van der Waals surface area contributed by atoms with Gasteiger partial charge in [-0.2, -0.15) is 13.2 Å². The Bertz CT molecular complexity index is 757. The highest BCUT2D eigenvalue weighted by molar-refractivity contribution is 5.87. The molecule has 0 radical (unpaired) electrons. The Morgan fingerprint density at radius 3 is 2.29 bits per heavy atom. The van der Waals surface area contributed by atoms with Crippen LogP contribution in [0.2, 0.25) is 0 Å². The highest BCUT2D eigenvalue weighted by Gasteiger charge is 2.68. The Balaban J connectivity index is 2.67. The number of ether oxygens (including phenoxy) is 4. The van der Waals surface area contributed by atoms with Crippen molar-refractivity contribution in [1.82, 2.24) is 0 Å². The standard InChI is InChI=1S/C18H19F3O7/c1-4-27-16(23)14-12(10-5-7-11(25-2)8-6-10)9-13(15(22)26-3)28-17(14,24)18(19,20)21/h5-9,12,14,24H,4H2,1-3H3/t12-,14+,17-/m0/s1. The van der Waals surface area contributed by atoms with Crippen LogP contribution >= 0.6 is 0 Å². The van der Waals surface area contributed by atoms with E-state index < -0.39 is 41.5 Å². The molecule has 154 valence electrons. The van der Waals surface area contributed by atoms with Crippen LogP contribution in [0.15, 0.2) is 36.1 Å². The van der Waals surface area contributed by atoms with E-state index in [1.54, 1.807) is 0 Å². The van der Waals surface area contributed by atoms with Crippen LogP contribution < -0.4 is 4.74 Å². The summed E-state index contributed by atoms with van der Waals surface area (Å²) in [4.78, 5) is 24.2. The van der Waals surface area contributed by atoms with Crippen LogP contribution in [0.5, 0.6) is 5.75 Å². The molecule has 1 heterocycles. The van der Waals surface area contributed by atoms with Crippen LogP contribution in [0, 0.1) is 5.92 Å². The molecule has 0 aromatic heterocycles. The molecule has 1 aromatic rings. The van der Waals surface area contributed by atoms with Crippen LogP contribution in [0.25, 0.3) is 0 Å². The van der Waals surface area contributed by atoms with Gasteiger partial charge in [0.1, 0.15) is 11.7 Å². The number of allylic oxidation sites excluding steroid dienone is 1. The fraction of sp³-hybridized carbons (Fsp3) is 0.444. The number of aliphatic hydroxyl groups is 1. The molecular weight excluding hydrogens is 385 g/mol. The Morgan fingerprint density at radius 2 is 1.82 bits per heavy atom. The Morgan fingerprint density at radius 1 is 1.21 bits per heavy atom. The Kier molecular flexibility index (Phi) is 6.23. The molecule has 0 saturated carbocycles. The summed E-state index contributed by atoms with van der Waals surface area (Å²) in [5.74, 6) is -10.6. The van der Waals surface area contributed by atoms with Gasteiger partial charge in [0.2, 0.25) is 5.76 Å². The number of benzene rings is 1. The number of alkyl halides is 3. The molecular formula is C18H19F3O7. The molecule has 0 saturated heterocycles. The van der Waals surface area contributed by atoms with Crippen molar-refractivity contribution < 1.29 is 46.8 Å². The molecule has 28 heavy (non-hydrogen) atoms. The zero-order chi connectivity index (χ0) is 21.1. The zero-order valence-corrected chi connectivity index (χ0v) is 15.3. The second-order valence-electron chi connectivity index (χ2n) is 5.85. The topological polar surface area (TPSA) is 91.3 Å². The van der Waals surface area contributed by atoms with Crippen LogP contribution in [-0.2, 0) is 23.8 Å². The van der Waals surface area contributed by atoms with Crippen molar-refractivity contribution >= 4 is 11.9 Å². The number of carbonyl (C=O) groups is 2. The second kappa shape index (κ2) is 8.09. The molecule has 7 nitrogen and oxygen atoms in total. The van der Waals surface area contributed by atoms with Crippen molar-refractivity contribution in [3.63, 3.8) is 0 Å². The highest BCUT2D eigenvalue weighted by Crippen LogP contribution is 2.49. The van der Waals surface area contributed by atoms with Crippen LogP contribution in [0.4, 0.5) is 13.2 Å². The first-order valence-electron chi connectivity index (χ1n) is 8.17. The van der Waals surface area contributed by atoms with E-state index in [1.807, 2.05) is 0 Å². The van der Waals surface area contributed by atoms with E-state index in [4.69, 9.17) is 9.47 Å². The average Bonchev–Trinajstić information content (AvgIpc) is 2.66. The quantitative estimate of drug-likeness (QED) is 0.753. The lowest BCUT2D eigenvalue weighted by molar-refractivity contribution is -0.375. The molecule has 10 heteroatoms. The van der Waals surface area contributed by atoms with Crippen LogP contribution in [-0.4, -0.2) is 49.8 Å². The van der Waals surface area contributed by atoms with E-state index in [2.05, 4.69) is 9.47 Å². The molecule has 0 unspecified atom stereocenters. The molecule has 1 aliphatic rings. The number of esters is 2. The SMILES string of the molecule is CCOC(=O)[C@H]1[C@H](c2ccc(OC)cc2)C=C(C(=O)OC)O[C@]1(O)C(F)(F)F. The summed E-state index contributed by atoms with van der Waals surface area (Å²) in [6.07, 6.45) is -4.42. The predicted octanol–water partition coefficient (Wildman–Crippen LogP) is 2.30. The van der Waals surface area contributed by atoms with Crippen molar-refractivity contribution in [3.8, 4) is 5.75 Å². The molecule has 3 atom stereocenters. The van der Waals surface area contributed by atoms with E-state index in [-0.39, 0.29) is 12.2 Å². The summed E-state index contributed by atoms with van der Waals surface area (Å²) >= 11 is 0. The lowest BCUT2D eigenvalue weighted by Crippen LogP contribution is -2.59. The summed E-state index contributed by atoms with van der Waals surface area (Å²) in [7, 11) is 2.35. The van der Waals surface area contributed by atoms with Gasteiger partial charge in [-0.1, -0.05) is 12.1 Å². The molecule has 0 fully saturated rings. The fourth-order valence-corrected chi connectivity index (χ4v) is 2.87. The number of hydrogen-bond acceptors (Lipinski definition) is 7. The van der Waals surface area contributed by atoms with Gasteiger partial charge in [0.25, 0.3) is 0 Å². The minimum absolute atomic E-state index is 0.200. The molecule has 1 aromatic carbocycles. The van der Waals surface area contributed by atoms with Gasteiger partial charge < -0.3 is 24.1 Å². The van der Waals surface area contributed by atoms with Crippen molar-refractivity contribution in [3.05, 3.63) is 41.7 Å². The van der Waals surface area contributed by atoms with Crippen LogP contribution in [0.1, 0.15) is 18.4 Å². The largest absolute Gasteiger partial charge is 0.497 e. The van der Waals surface area contributed by atoms with E-state index in [0.29, 0.717) is 5.75 Å². The average molecular weight is 404 g/mol. The molecule has 0 aliphatic carbocycles. The predicted molar refractivity (Wildman–Crippen MR) is 88.0 cm³/mol. The van der Waals surface area contributed by atoms with E-state index in [0.717, 1.165) is 13.2 Å². The normalized spacial score (nSPS) is 24.6. The summed E-state index contributed by atoms with van der Waals surface area (Å²) in [6.45, 7) is 1.19. The van der Waals surface area contributed by atoms with Gasteiger partial charge in [0.05, 0.1) is 20.8 Å². The van der Waals surface area contributed by atoms with Crippen molar-refractivity contribution in [2.45, 2.75) is 24.8 Å². The zero-order valence-electron chi connectivity index (χ0n) is 15.3.